The van der Waals surface area contributed by atoms with Crippen molar-refractivity contribution in [1.29, 1.82) is 0 Å². The van der Waals surface area contributed by atoms with Crippen molar-refractivity contribution in [2.75, 3.05) is 13.1 Å². The van der Waals surface area contributed by atoms with E-state index < -0.39 is 0 Å². The number of hydrazine groups is 1. The van der Waals surface area contributed by atoms with E-state index in [-0.39, 0.29) is 29.1 Å². The third kappa shape index (κ3) is 3.47. The first-order valence-electron chi connectivity index (χ1n) is 8.85. The van der Waals surface area contributed by atoms with E-state index in [9.17, 15) is 9.18 Å². The number of hydrogen-bond donors (Lipinski definition) is 3. The van der Waals surface area contributed by atoms with Gasteiger partial charge in [0.1, 0.15) is 5.82 Å². The lowest BCUT2D eigenvalue weighted by Gasteiger charge is -2.21. The van der Waals surface area contributed by atoms with Gasteiger partial charge in [0.25, 0.3) is 0 Å². The van der Waals surface area contributed by atoms with Gasteiger partial charge in [0, 0.05) is 23.5 Å². The summed E-state index contributed by atoms with van der Waals surface area (Å²) in [5.41, 5.74) is 8.34. The van der Waals surface area contributed by atoms with Crippen molar-refractivity contribution in [2.45, 2.75) is 24.3 Å². The van der Waals surface area contributed by atoms with Gasteiger partial charge in [0.2, 0.25) is 5.91 Å². The molecular formula is C20H21ClFN3O. The zero-order valence-electron chi connectivity index (χ0n) is 14.3. The van der Waals surface area contributed by atoms with Crippen LogP contribution in [-0.4, -0.2) is 19.0 Å². The fourth-order valence-electron chi connectivity index (χ4n) is 3.64. The number of halogens is 2. The van der Waals surface area contributed by atoms with Crippen LogP contribution in [-0.2, 0) is 10.2 Å². The van der Waals surface area contributed by atoms with Crippen molar-refractivity contribution in [2.24, 2.45) is 5.92 Å². The second kappa shape index (κ2) is 6.99. The van der Waals surface area contributed by atoms with Gasteiger partial charge < -0.3 is 5.32 Å². The van der Waals surface area contributed by atoms with Gasteiger partial charge in [0.15, 0.2) is 0 Å². The standard InChI is InChI=1S/C20H21ClFN3O/c21-15-5-1-13(2-6-15)18-17(11-24-25-18)19(26)23-12-20(9-10-20)14-3-7-16(22)8-4-14/h1-8,17-18,24-25H,9-12H2,(H,23,26). The molecule has 0 spiro atoms. The van der Waals surface area contributed by atoms with Crippen LogP contribution in [0.25, 0.3) is 0 Å². The molecule has 2 atom stereocenters. The fraction of sp³-hybridized carbons (Fsp3) is 0.350. The second-order valence-electron chi connectivity index (χ2n) is 7.17. The van der Waals surface area contributed by atoms with Crippen LogP contribution >= 0.6 is 11.6 Å². The first-order valence-corrected chi connectivity index (χ1v) is 9.23. The van der Waals surface area contributed by atoms with E-state index in [1.165, 1.54) is 12.1 Å². The maximum atomic E-state index is 13.2. The highest BCUT2D eigenvalue weighted by Gasteiger charge is 2.45. The highest BCUT2D eigenvalue weighted by Crippen LogP contribution is 2.47. The Balaban J connectivity index is 1.41. The quantitative estimate of drug-likeness (QED) is 0.755. The Morgan fingerprint density at radius 1 is 1.15 bits per heavy atom. The molecule has 1 saturated heterocycles. The molecule has 0 radical (unpaired) electrons. The maximum Gasteiger partial charge on any atom is 0.226 e. The van der Waals surface area contributed by atoms with Crippen molar-refractivity contribution >= 4 is 17.5 Å². The Labute approximate surface area is 157 Å². The lowest BCUT2D eigenvalue weighted by atomic mass is 9.92. The predicted molar refractivity (Wildman–Crippen MR) is 99.1 cm³/mol. The predicted octanol–water partition coefficient (Wildman–Crippen LogP) is 3.09. The van der Waals surface area contributed by atoms with Gasteiger partial charge in [-0.05, 0) is 48.2 Å². The SMILES string of the molecule is O=C(NCC1(c2ccc(F)cc2)CC1)C1CNNC1c1ccc(Cl)cc1. The largest absolute Gasteiger partial charge is 0.355 e. The lowest BCUT2D eigenvalue weighted by Crippen LogP contribution is -2.39. The Kier molecular flexibility index (Phi) is 4.69. The van der Waals surface area contributed by atoms with Crippen LogP contribution in [0.5, 0.6) is 0 Å². The first-order chi connectivity index (χ1) is 12.6. The lowest BCUT2D eigenvalue weighted by molar-refractivity contribution is -0.125. The average Bonchev–Trinajstić information content (AvgIpc) is 3.28. The van der Waals surface area contributed by atoms with E-state index in [4.69, 9.17) is 11.6 Å². The molecule has 136 valence electrons. The van der Waals surface area contributed by atoms with Crippen LogP contribution in [0.4, 0.5) is 4.39 Å². The molecule has 3 N–H and O–H groups in total. The summed E-state index contributed by atoms with van der Waals surface area (Å²) in [7, 11) is 0. The summed E-state index contributed by atoms with van der Waals surface area (Å²) < 4.78 is 13.2. The first kappa shape index (κ1) is 17.5. The normalized spacial score (nSPS) is 23.6. The van der Waals surface area contributed by atoms with Crippen molar-refractivity contribution in [3.63, 3.8) is 0 Å². The summed E-state index contributed by atoms with van der Waals surface area (Å²) in [4.78, 5) is 12.8. The monoisotopic (exact) mass is 373 g/mol. The third-order valence-electron chi connectivity index (χ3n) is 5.46. The number of amides is 1. The smallest absolute Gasteiger partial charge is 0.226 e. The van der Waals surface area contributed by atoms with Gasteiger partial charge in [-0.3, -0.25) is 10.2 Å². The van der Waals surface area contributed by atoms with Gasteiger partial charge in [-0.2, -0.15) is 0 Å². The Morgan fingerprint density at radius 3 is 2.50 bits per heavy atom. The molecule has 1 amide bonds. The number of carbonyl (C=O) groups excluding carboxylic acids is 1. The van der Waals surface area contributed by atoms with Gasteiger partial charge in [-0.15, -0.1) is 0 Å². The number of hydrogen-bond acceptors (Lipinski definition) is 3. The summed E-state index contributed by atoms with van der Waals surface area (Å²) in [6.07, 6.45) is 2.03. The highest BCUT2D eigenvalue weighted by atomic mass is 35.5. The fourth-order valence-corrected chi connectivity index (χ4v) is 3.76. The molecule has 2 aromatic rings. The van der Waals surface area contributed by atoms with E-state index in [1.807, 2.05) is 36.4 Å². The van der Waals surface area contributed by atoms with Crippen LogP contribution < -0.4 is 16.2 Å². The molecule has 2 fully saturated rings. The molecule has 2 unspecified atom stereocenters. The van der Waals surface area contributed by atoms with Gasteiger partial charge in [-0.1, -0.05) is 35.9 Å². The molecule has 1 aliphatic carbocycles. The zero-order valence-corrected chi connectivity index (χ0v) is 15.0. The molecule has 6 heteroatoms. The molecule has 4 rings (SSSR count). The molecule has 1 heterocycles. The average molecular weight is 374 g/mol. The summed E-state index contributed by atoms with van der Waals surface area (Å²) in [5.74, 6) is -0.404. The number of nitrogens with one attached hydrogen (secondary N) is 3. The zero-order chi connectivity index (χ0) is 18.1. The molecule has 4 nitrogen and oxygen atoms in total. The van der Waals surface area contributed by atoms with Crippen molar-refractivity contribution in [3.8, 4) is 0 Å². The molecule has 2 aromatic carbocycles. The Bertz CT molecular complexity index is 790. The van der Waals surface area contributed by atoms with E-state index in [1.54, 1.807) is 0 Å². The van der Waals surface area contributed by atoms with Crippen LogP contribution in [0.2, 0.25) is 5.02 Å². The molecule has 1 saturated carbocycles. The highest BCUT2D eigenvalue weighted by molar-refractivity contribution is 6.30. The minimum atomic E-state index is -0.234. The summed E-state index contributed by atoms with van der Waals surface area (Å²) in [6, 6.07) is 14.1. The summed E-state index contributed by atoms with van der Waals surface area (Å²) in [6.45, 7) is 1.16. The van der Waals surface area contributed by atoms with E-state index in [2.05, 4.69) is 16.2 Å². The Morgan fingerprint density at radius 2 is 1.85 bits per heavy atom. The van der Waals surface area contributed by atoms with Gasteiger partial charge in [0.05, 0.1) is 12.0 Å². The molecule has 1 aliphatic heterocycles. The van der Waals surface area contributed by atoms with Crippen LogP contribution in [0, 0.1) is 11.7 Å². The minimum Gasteiger partial charge on any atom is -0.355 e. The van der Waals surface area contributed by atoms with Crippen LogP contribution in [0.3, 0.4) is 0 Å². The maximum absolute atomic E-state index is 13.2. The Hall–Kier alpha value is -1.95. The summed E-state index contributed by atoms with van der Waals surface area (Å²) in [5, 5.41) is 3.79. The van der Waals surface area contributed by atoms with Crippen LogP contribution in [0.15, 0.2) is 48.5 Å². The molecule has 0 aromatic heterocycles. The number of rotatable bonds is 5. The number of carbonyl (C=O) groups is 1. The summed E-state index contributed by atoms with van der Waals surface area (Å²) >= 11 is 5.95. The van der Waals surface area contributed by atoms with Crippen LogP contribution in [0.1, 0.15) is 30.0 Å². The topological polar surface area (TPSA) is 53.2 Å². The number of benzene rings is 2. The van der Waals surface area contributed by atoms with E-state index in [0.717, 1.165) is 24.0 Å². The molecular weight excluding hydrogens is 353 g/mol. The van der Waals surface area contributed by atoms with Gasteiger partial charge in [-0.25, -0.2) is 9.82 Å². The van der Waals surface area contributed by atoms with Crippen molar-refractivity contribution in [3.05, 3.63) is 70.5 Å². The van der Waals surface area contributed by atoms with E-state index in [0.29, 0.717) is 18.1 Å². The van der Waals surface area contributed by atoms with Crippen molar-refractivity contribution < 1.29 is 9.18 Å². The minimum absolute atomic E-state index is 0.0239. The van der Waals surface area contributed by atoms with Gasteiger partial charge >= 0.3 is 0 Å². The molecule has 2 aliphatic rings. The molecule has 26 heavy (non-hydrogen) atoms. The molecule has 0 bridgehead atoms. The third-order valence-corrected chi connectivity index (χ3v) is 5.71. The van der Waals surface area contributed by atoms with Crippen molar-refractivity contribution in [1.82, 2.24) is 16.2 Å². The second-order valence-corrected chi connectivity index (χ2v) is 7.60. The van der Waals surface area contributed by atoms with E-state index >= 15 is 0 Å².